The van der Waals surface area contributed by atoms with E-state index < -0.39 is 0 Å². The molecule has 0 aliphatic rings. The van der Waals surface area contributed by atoms with Gasteiger partial charge in [-0.25, -0.2) is 4.98 Å². The van der Waals surface area contributed by atoms with E-state index >= 15 is 0 Å². The zero-order valence-electron chi connectivity index (χ0n) is 11.8. The van der Waals surface area contributed by atoms with Crippen LogP contribution in [0.4, 0.5) is 5.69 Å². The van der Waals surface area contributed by atoms with E-state index in [4.69, 9.17) is 0 Å². The summed E-state index contributed by atoms with van der Waals surface area (Å²) in [4.78, 5) is 7.13. The van der Waals surface area contributed by atoms with Gasteiger partial charge in [-0.05, 0) is 38.5 Å². The van der Waals surface area contributed by atoms with Crippen molar-refractivity contribution in [3.8, 4) is 11.3 Å². The minimum atomic E-state index is 0.173. The van der Waals surface area contributed by atoms with E-state index in [1.54, 1.807) is 6.33 Å². The molecule has 2 rings (SSSR count). The molecular formula is C15H22N4. The van der Waals surface area contributed by atoms with Crippen LogP contribution >= 0.6 is 0 Å². The highest BCUT2D eigenvalue weighted by Crippen LogP contribution is 2.18. The number of anilines is 1. The van der Waals surface area contributed by atoms with Gasteiger partial charge in [-0.15, -0.1) is 0 Å². The molecule has 102 valence electrons. The molecular weight excluding hydrogens is 236 g/mol. The van der Waals surface area contributed by atoms with Gasteiger partial charge in [-0.1, -0.05) is 12.1 Å². The molecule has 4 heteroatoms. The molecule has 0 amide bonds. The van der Waals surface area contributed by atoms with Crippen LogP contribution in [-0.4, -0.2) is 28.6 Å². The molecule has 0 unspecified atom stereocenters. The fourth-order valence-electron chi connectivity index (χ4n) is 1.83. The van der Waals surface area contributed by atoms with E-state index in [0.29, 0.717) is 0 Å². The number of imidazole rings is 1. The normalized spacial score (nSPS) is 11.5. The van der Waals surface area contributed by atoms with Crippen LogP contribution in [0.1, 0.15) is 20.8 Å². The van der Waals surface area contributed by atoms with E-state index in [-0.39, 0.29) is 5.54 Å². The summed E-state index contributed by atoms with van der Waals surface area (Å²) in [7, 11) is 0. The lowest BCUT2D eigenvalue weighted by Crippen LogP contribution is -2.38. The van der Waals surface area contributed by atoms with Gasteiger partial charge in [0.15, 0.2) is 0 Å². The Labute approximate surface area is 114 Å². The number of nitrogens with zero attached hydrogens (tertiary/aromatic N) is 1. The zero-order valence-corrected chi connectivity index (χ0v) is 11.8. The molecule has 19 heavy (non-hydrogen) atoms. The van der Waals surface area contributed by atoms with Crippen molar-refractivity contribution < 1.29 is 0 Å². The van der Waals surface area contributed by atoms with Gasteiger partial charge in [-0.2, -0.15) is 0 Å². The minimum Gasteiger partial charge on any atom is -0.384 e. The summed E-state index contributed by atoms with van der Waals surface area (Å²) in [6, 6.07) is 8.36. The van der Waals surface area contributed by atoms with Gasteiger partial charge in [0.25, 0.3) is 0 Å². The Morgan fingerprint density at radius 2 is 1.84 bits per heavy atom. The predicted molar refractivity (Wildman–Crippen MR) is 80.3 cm³/mol. The molecule has 0 saturated heterocycles. The van der Waals surface area contributed by atoms with Crippen LogP contribution in [0.2, 0.25) is 0 Å². The molecule has 1 heterocycles. The smallest absolute Gasteiger partial charge is 0.0924 e. The quantitative estimate of drug-likeness (QED) is 0.723. The molecule has 0 aliphatic carbocycles. The second kappa shape index (κ2) is 5.89. The summed E-state index contributed by atoms with van der Waals surface area (Å²) in [6.07, 6.45) is 3.52. The van der Waals surface area contributed by atoms with E-state index in [0.717, 1.165) is 30.0 Å². The first-order chi connectivity index (χ1) is 9.04. The number of hydrogen-bond acceptors (Lipinski definition) is 3. The summed E-state index contributed by atoms with van der Waals surface area (Å²) in [6.45, 7) is 8.39. The molecule has 0 spiro atoms. The highest BCUT2D eigenvalue weighted by molar-refractivity contribution is 5.61. The van der Waals surface area contributed by atoms with Crippen molar-refractivity contribution in [1.29, 1.82) is 0 Å². The van der Waals surface area contributed by atoms with Crippen LogP contribution in [0.5, 0.6) is 0 Å². The number of aromatic amines is 1. The Kier molecular flexibility index (Phi) is 4.22. The van der Waals surface area contributed by atoms with Gasteiger partial charge in [0.05, 0.1) is 18.2 Å². The monoisotopic (exact) mass is 258 g/mol. The van der Waals surface area contributed by atoms with Crippen molar-refractivity contribution in [3.63, 3.8) is 0 Å². The second-order valence-corrected chi connectivity index (χ2v) is 5.65. The van der Waals surface area contributed by atoms with Crippen molar-refractivity contribution >= 4 is 5.69 Å². The second-order valence-electron chi connectivity index (χ2n) is 5.65. The lowest BCUT2D eigenvalue weighted by atomic mass is 10.1. The summed E-state index contributed by atoms with van der Waals surface area (Å²) in [5.41, 5.74) is 3.50. The summed E-state index contributed by atoms with van der Waals surface area (Å²) < 4.78 is 0. The third-order valence-electron chi connectivity index (χ3n) is 2.80. The molecule has 0 fully saturated rings. The third kappa shape index (κ3) is 4.41. The number of nitrogens with one attached hydrogen (secondary N) is 3. The van der Waals surface area contributed by atoms with Crippen molar-refractivity contribution in [3.05, 3.63) is 36.8 Å². The fraction of sp³-hybridized carbons (Fsp3) is 0.400. The van der Waals surface area contributed by atoms with Crippen molar-refractivity contribution in [1.82, 2.24) is 15.3 Å². The van der Waals surface area contributed by atoms with E-state index in [1.807, 2.05) is 6.20 Å². The number of H-pyrrole nitrogens is 1. The molecule has 0 radical (unpaired) electrons. The van der Waals surface area contributed by atoms with Crippen LogP contribution in [0, 0.1) is 0 Å². The Bertz CT molecular complexity index is 480. The average molecular weight is 258 g/mol. The Hall–Kier alpha value is -1.81. The summed E-state index contributed by atoms with van der Waals surface area (Å²) >= 11 is 0. The van der Waals surface area contributed by atoms with Crippen molar-refractivity contribution in [2.24, 2.45) is 0 Å². The lowest BCUT2D eigenvalue weighted by molar-refractivity contribution is 0.435. The van der Waals surface area contributed by atoms with Crippen LogP contribution in [-0.2, 0) is 0 Å². The van der Waals surface area contributed by atoms with E-state index in [9.17, 15) is 0 Å². The highest BCUT2D eigenvalue weighted by atomic mass is 15.0. The number of hydrogen-bond donors (Lipinski definition) is 3. The van der Waals surface area contributed by atoms with Crippen molar-refractivity contribution in [2.45, 2.75) is 26.3 Å². The largest absolute Gasteiger partial charge is 0.384 e. The molecule has 1 aromatic heterocycles. The van der Waals surface area contributed by atoms with Gasteiger partial charge in [0.2, 0.25) is 0 Å². The van der Waals surface area contributed by atoms with Crippen LogP contribution < -0.4 is 10.6 Å². The molecule has 1 aromatic carbocycles. The molecule has 3 N–H and O–H groups in total. The first-order valence-corrected chi connectivity index (χ1v) is 6.62. The number of benzene rings is 1. The third-order valence-corrected chi connectivity index (χ3v) is 2.80. The van der Waals surface area contributed by atoms with Gasteiger partial charge >= 0.3 is 0 Å². The van der Waals surface area contributed by atoms with Crippen molar-refractivity contribution in [2.75, 3.05) is 18.4 Å². The lowest BCUT2D eigenvalue weighted by Gasteiger charge is -2.20. The molecule has 2 aromatic rings. The standard InChI is InChI=1S/C15H22N4/c1-15(2,3)19-9-8-17-13-6-4-12(5-7-13)14-10-16-11-18-14/h4-7,10-11,17,19H,8-9H2,1-3H3,(H,16,18). The van der Waals surface area contributed by atoms with Gasteiger partial charge in [-0.3, -0.25) is 0 Å². The Morgan fingerprint density at radius 3 is 2.42 bits per heavy atom. The van der Waals surface area contributed by atoms with Gasteiger partial charge < -0.3 is 15.6 Å². The fourth-order valence-corrected chi connectivity index (χ4v) is 1.83. The maximum absolute atomic E-state index is 4.03. The summed E-state index contributed by atoms with van der Waals surface area (Å²) in [5.74, 6) is 0. The first kappa shape index (κ1) is 13.6. The average Bonchev–Trinajstić information content (AvgIpc) is 2.88. The zero-order chi connectivity index (χ0) is 13.7. The van der Waals surface area contributed by atoms with Crippen LogP contribution in [0.3, 0.4) is 0 Å². The Balaban J connectivity index is 1.83. The first-order valence-electron chi connectivity index (χ1n) is 6.62. The van der Waals surface area contributed by atoms with Gasteiger partial charge in [0, 0.05) is 24.3 Å². The predicted octanol–water partition coefficient (Wildman–Crippen LogP) is 2.88. The van der Waals surface area contributed by atoms with E-state index in [1.165, 1.54) is 0 Å². The van der Waals surface area contributed by atoms with E-state index in [2.05, 4.69) is 65.6 Å². The molecule has 0 atom stereocenters. The maximum Gasteiger partial charge on any atom is 0.0924 e. The molecule has 0 saturated carbocycles. The maximum atomic E-state index is 4.03. The Morgan fingerprint density at radius 1 is 1.11 bits per heavy atom. The molecule has 0 aliphatic heterocycles. The minimum absolute atomic E-state index is 0.173. The number of rotatable bonds is 5. The molecule has 0 bridgehead atoms. The highest BCUT2D eigenvalue weighted by Gasteiger charge is 2.06. The SMILES string of the molecule is CC(C)(C)NCCNc1ccc(-c2cnc[nH]2)cc1. The number of aromatic nitrogens is 2. The topological polar surface area (TPSA) is 52.7 Å². The summed E-state index contributed by atoms with van der Waals surface area (Å²) in [5, 5.41) is 6.85. The van der Waals surface area contributed by atoms with Crippen LogP contribution in [0.15, 0.2) is 36.8 Å². The molecule has 4 nitrogen and oxygen atoms in total. The van der Waals surface area contributed by atoms with Crippen LogP contribution in [0.25, 0.3) is 11.3 Å². The van der Waals surface area contributed by atoms with Gasteiger partial charge in [0.1, 0.15) is 0 Å².